The van der Waals surface area contributed by atoms with E-state index in [2.05, 4.69) is 5.32 Å². The van der Waals surface area contributed by atoms with E-state index in [4.69, 9.17) is 14.6 Å². The number of para-hydroxylation sites is 2. The van der Waals surface area contributed by atoms with Crippen LogP contribution in [0.15, 0.2) is 48.5 Å². The topological polar surface area (TPSA) is 105 Å². The first kappa shape index (κ1) is 20.2. The molecule has 0 spiro atoms. The summed E-state index contributed by atoms with van der Waals surface area (Å²) in [5, 5.41) is 11.4. The average molecular weight is 398 g/mol. The van der Waals surface area contributed by atoms with Crippen LogP contribution in [0.5, 0.6) is 11.5 Å². The van der Waals surface area contributed by atoms with E-state index in [0.29, 0.717) is 35.9 Å². The van der Waals surface area contributed by atoms with E-state index in [1.807, 2.05) is 6.07 Å². The molecular formula is C21H22N2O6. The van der Waals surface area contributed by atoms with Gasteiger partial charge in [-0.1, -0.05) is 12.1 Å². The number of hydrogen-bond acceptors (Lipinski definition) is 5. The number of fused-ring (bicyclic) bond motifs is 1. The normalized spacial score (nSPS) is 15.3. The molecular weight excluding hydrogens is 376 g/mol. The molecule has 0 bridgehead atoms. The molecule has 0 saturated heterocycles. The minimum atomic E-state index is -0.859. The molecule has 8 nitrogen and oxygen atoms in total. The summed E-state index contributed by atoms with van der Waals surface area (Å²) in [7, 11) is 0. The summed E-state index contributed by atoms with van der Waals surface area (Å²) >= 11 is 0. The number of carboxylic acids is 1. The van der Waals surface area contributed by atoms with Crippen LogP contribution in [0.25, 0.3) is 0 Å². The molecule has 3 rings (SSSR count). The number of carbonyl (C=O) groups is 3. The van der Waals surface area contributed by atoms with E-state index in [9.17, 15) is 14.4 Å². The van der Waals surface area contributed by atoms with Crippen molar-refractivity contribution in [3.8, 4) is 11.5 Å². The van der Waals surface area contributed by atoms with Crippen LogP contribution in [0.2, 0.25) is 0 Å². The summed E-state index contributed by atoms with van der Waals surface area (Å²) in [6.45, 7) is 1.82. The molecule has 8 heteroatoms. The number of aliphatic carboxylic acids is 1. The highest BCUT2D eigenvalue weighted by atomic mass is 16.5. The van der Waals surface area contributed by atoms with Gasteiger partial charge in [0.2, 0.25) is 5.91 Å². The van der Waals surface area contributed by atoms with Gasteiger partial charge in [0, 0.05) is 12.1 Å². The maximum absolute atomic E-state index is 12.5. The molecule has 0 fully saturated rings. The van der Waals surface area contributed by atoms with Gasteiger partial charge in [-0.15, -0.1) is 0 Å². The highest BCUT2D eigenvalue weighted by Gasteiger charge is 2.32. The SMILES string of the molecule is CC1Oc2ccccc2N(CC(=O)Nc2ccc(OCCCC(=O)O)cc2)C1=O. The number of rotatable bonds is 8. The second-order valence-electron chi connectivity index (χ2n) is 6.57. The van der Waals surface area contributed by atoms with Crippen LogP contribution in [0.4, 0.5) is 11.4 Å². The van der Waals surface area contributed by atoms with Crippen molar-refractivity contribution >= 4 is 29.2 Å². The lowest BCUT2D eigenvalue weighted by molar-refractivity contribution is -0.137. The van der Waals surface area contributed by atoms with Gasteiger partial charge in [0.15, 0.2) is 6.10 Å². The number of anilines is 2. The quantitative estimate of drug-likeness (QED) is 0.663. The van der Waals surface area contributed by atoms with E-state index in [1.165, 1.54) is 4.90 Å². The lowest BCUT2D eigenvalue weighted by Gasteiger charge is -2.32. The maximum Gasteiger partial charge on any atom is 0.303 e. The Morgan fingerprint density at radius 2 is 1.90 bits per heavy atom. The number of carbonyl (C=O) groups excluding carboxylic acids is 2. The molecule has 1 atom stereocenters. The first-order chi connectivity index (χ1) is 13.9. The first-order valence-electron chi connectivity index (χ1n) is 9.25. The number of nitrogens with one attached hydrogen (secondary N) is 1. The van der Waals surface area contributed by atoms with Crippen LogP contribution < -0.4 is 19.7 Å². The van der Waals surface area contributed by atoms with Gasteiger partial charge in [-0.2, -0.15) is 0 Å². The molecule has 0 saturated carbocycles. The van der Waals surface area contributed by atoms with Crippen LogP contribution in [0, 0.1) is 0 Å². The lowest BCUT2D eigenvalue weighted by Crippen LogP contribution is -2.47. The number of carboxylic acid groups (broad SMARTS) is 1. The lowest BCUT2D eigenvalue weighted by atomic mass is 10.2. The molecule has 152 valence electrons. The van der Waals surface area contributed by atoms with E-state index in [0.717, 1.165) is 0 Å². The van der Waals surface area contributed by atoms with Crippen LogP contribution in [0.1, 0.15) is 19.8 Å². The Kier molecular flexibility index (Phi) is 6.33. The third kappa shape index (κ3) is 5.25. The van der Waals surface area contributed by atoms with Gasteiger partial charge in [-0.25, -0.2) is 0 Å². The summed E-state index contributed by atoms with van der Waals surface area (Å²) in [5.41, 5.74) is 1.13. The average Bonchev–Trinajstić information content (AvgIpc) is 2.70. The molecule has 2 N–H and O–H groups in total. The van der Waals surface area contributed by atoms with Crippen molar-refractivity contribution in [2.75, 3.05) is 23.4 Å². The molecule has 0 aliphatic carbocycles. The Morgan fingerprint density at radius 1 is 1.17 bits per heavy atom. The molecule has 1 unspecified atom stereocenters. The fourth-order valence-electron chi connectivity index (χ4n) is 2.91. The summed E-state index contributed by atoms with van der Waals surface area (Å²) in [5.74, 6) is -0.319. The van der Waals surface area contributed by atoms with Crippen molar-refractivity contribution in [3.63, 3.8) is 0 Å². The zero-order valence-corrected chi connectivity index (χ0v) is 16.0. The predicted octanol–water partition coefficient (Wildman–Crippen LogP) is 2.68. The zero-order valence-electron chi connectivity index (χ0n) is 16.0. The minimum absolute atomic E-state index is 0.0517. The van der Waals surface area contributed by atoms with E-state index in [1.54, 1.807) is 49.4 Å². The molecule has 1 heterocycles. The van der Waals surface area contributed by atoms with E-state index in [-0.39, 0.29) is 24.8 Å². The van der Waals surface area contributed by atoms with Crippen LogP contribution in [-0.4, -0.2) is 42.1 Å². The Hall–Kier alpha value is -3.55. The number of amides is 2. The third-order valence-electron chi connectivity index (χ3n) is 4.32. The summed E-state index contributed by atoms with van der Waals surface area (Å²) in [6, 6.07) is 13.8. The third-order valence-corrected chi connectivity index (χ3v) is 4.32. The molecule has 1 aliphatic rings. The molecule has 2 aromatic carbocycles. The molecule has 2 amide bonds. The highest BCUT2D eigenvalue weighted by Crippen LogP contribution is 2.33. The van der Waals surface area contributed by atoms with Crippen molar-refractivity contribution in [1.29, 1.82) is 0 Å². The van der Waals surface area contributed by atoms with Crippen molar-refractivity contribution in [1.82, 2.24) is 0 Å². The van der Waals surface area contributed by atoms with Gasteiger partial charge in [0.1, 0.15) is 18.0 Å². The molecule has 2 aromatic rings. The minimum Gasteiger partial charge on any atom is -0.494 e. The second kappa shape index (κ2) is 9.09. The molecule has 1 aliphatic heterocycles. The zero-order chi connectivity index (χ0) is 20.8. The largest absolute Gasteiger partial charge is 0.494 e. The van der Waals surface area contributed by atoms with E-state index < -0.39 is 12.1 Å². The summed E-state index contributed by atoms with van der Waals surface area (Å²) in [6.07, 6.45) is -0.187. The van der Waals surface area contributed by atoms with Gasteiger partial charge in [-0.3, -0.25) is 19.3 Å². The van der Waals surface area contributed by atoms with Crippen molar-refractivity contribution in [2.24, 2.45) is 0 Å². The summed E-state index contributed by atoms with van der Waals surface area (Å²) < 4.78 is 11.0. The number of hydrogen-bond donors (Lipinski definition) is 2. The number of nitrogens with zero attached hydrogens (tertiary/aromatic N) is 1. The fraction of sp³-hybridized carbons (Fsp3) is 0.286. The molecule has 29 heavy (non-hydrogen) atoms. The first-order valence-corrected chi connectivity index (χ1v) is 9.25. The molecule has 0 aromatic heterocycles. The standard InChI is InChI=1S/C21H22N2O6/c1-14-21(27)23(17-5-2-3-6-18(17)29-14)13-19(24)22-15-8-10-16(11-9-15)28-12-4-7-20(25)26/h2-3,5-6,8-11,14H,4,7,12-13H2,1H3,(H,22,24)(H,25,26). The van der Waals surface area contributed by atoms with Gasteiger partial charge >= 0.3 is 5.97 Å². The van der Waals surface area contributed by atoms with Crippen LogP contribution in [-0.2, 0) is 14.4 Å². The number of benzene rings is 2. The monoisotopic (exact) mass is 398 g/mol. The Labute approximate surface area is 168 Å². The van der Waals surface area contributed by atoms with Gasteiger partial charge in [0.05, 0.1) is 12.3 Å². The highest BCUT2D eigenvalue weighted by molar-refractivity contribution is 6.06. The van der Waals surface area contributed by atoms with Gasteiger partial charge < -0.3 is 19.9 Å². The smallest absolute Gasteiger partial charge is 0.303 e. The van der Waals surface area contributed by atoms with Gasteiger partial charge in [0.25, 0.3) is 5.91 Å². The number of ether oxygens (including phenoxy) is 2. The van der Waals surface area contributed by atoms with Crippen molar-refractivity contribution < 1.29 is 29.0 Å². The van der Waals surface area contributed by atoms with Gasteiger partial charge in [-0.05, 0) is 49.7 Å². The predicted molar refractivity (Wildman–Crippen MR) is 106 cm³/mol. The summed E-state index contributed by atoms with van der Waals surface area (Å²) in [4.78, 5) is 36.8. The fourth-order valence-corrected chi connectivity index (χ4v) is 2.91. The van der Waals surface area contributed by atoms with Crippen LogP contribution >= 0.6 is 0 Å². The Morgan fingerprint density at radius 3 is 2.62 bits per heavy atom. The maximum atomic E-state index is 12.5. The van der Waals surface area contributed by atoms with E-state index >= 15 is 0 Å². The van der Waals surface area contributed by atoms with Crippen molar-refractivity contribution in [3.05, 3.63) is 48.5 Å². The van der Waals surface area contributed by atoms with Crippen LogP contribution in [0.3, 0.4) is 0 Å². The Bertz CT molecular complexity index is 896. The Balaban J connectivity index is 1.57. The van der Waals surface area contributed by atoms with Crippen molar-refractivity contribution in [2.45, 2.75) is 25.9 Å². The second-order valence-corrected chi connectivity index (χ2v) is 6.57. The molecule has 0 radical (unpaired) electrons.